The van der Waals surface area contributed by atoms with Gasteiger partial charge in [0, 0.05) is 12.1 Å². The Labute approximate surface area is 136 Å². The standard InChI is InChI=1S/C15H22N2O4S/c1-9(2)8-16-15(22)17-14(18)10-6-11(19-3)13(21-5)12(7-10)20-4/h6-7,9H,8H2,1-5H3,(H2,16,17,18,22). The molecule has 0 spiro atoms. The fourth-order valence-electron chi connectivity index (χ4n) is 1.73. The fourth-order valence-corrected chi connectivity index (χ4v) is 1.90. The predicted molar refractivity (Wildman–Crippen MR) is 89.0 cm³/mol. The molecule has 1 aromatic carbocycles. The van der Waals surface area contributed by atoms with E-state index in [-0.39, 0.29) is 11.0 Å². The molecule has 0 saturated heterocycles. The average Bonchev–Trinajstić information content (AvgIpc) is 2.51. The van der Waals surface area contributed by atoms with E-state index < -0.39 is 0 Å². The minimum Gasteiger partial charge on any atom is -0.493 e. The van der Waals surface area contributed by atoms with Crippen LogP contribution in [0.15, 0.2) is 12.1 Å². The minimum absolute atomic E-state index is 0.285. The molecule has 1 amide bonds. The van der Waals surface area contributed by atoms with Crippen molar-refractivity contribution in [1.29, 1.82) is 0 Å². The second kappa shape index (κ2) is 8.43. The van der Waals surface area contributed by atoms with Crippen LogP contribution in [0.4, 0.5) is 0 Å². The third kappa shape index (κ3) is 4.77. The van der Waals surface area contributed by atoms with E-state index in [1.807, 2.05) is 0 Å². The lowest BCUT2D eigenvalue weighted by Gasteiger charge is -2.15. The second-order valence-electron chi connectivity index (χ2n) is 4.97. The summed E-state index contributed by atoms with van der Waals surface area (Å²) in [5, 5.41) is 5.88. The van der Waals surface area contributed by atoms with Gasteiger partial charge in [-0.05, 0) is 30.3 Å². The molecule has 1 aromatic rings. The van der Waals surface area contributed by atoms with Gasteiger partial charge in [-0.25, -0.2) is 0 Å². The van der Waals surface area contributed by atoms with Crippen molar-refractivity contribution in [2.45, 2.75) is 13.8 Å². The maximum Gasteiger partial charge on any atom is 0.257 e. The Morgan fingerprint density at radius 1 is 1.14 bits per heavy atom. The number of methoxy groups -OCH3 is 3. The van der Waals surface area contributed by atoms with Crippen molar-refractivity contribution in [2.75, 3.05) is 27.9 Å². The van der Waals surface area contributed by atoms with Crippen LogP contribution in [0.25, 0.3) is 0 Å². The Kier molecular flexibility index (Phi) is 6.91. The molecule has 0 bridgehead atoms. The monoisotopic (exact) mass is 326 g/mol. The summed E-state index contributed by atoms with van der Waals surface area (Å²) in [5.74, 6) is 1.33. The van der Waals surface area contributed by atoms with Gasteiger partial charge in [-0.2, -0.15) is 0 Å². The van der Waals surface area contributed by atoms with Crippen molar-refractivity contribution in [3.8, 4) is 17.2 Å². The number of nitrogens with one attached hydrogen (secondary N) is 2. The number of rotatable bonds is 6. The molecular weight excluding hydrogens is 304 g/mol. The summed E-state index contributed by atoms with van der Waals surface area (Å²) >= 11 is 5.09. The van der Waals surface area contributed by atoms with Crippen molar-refractivity contribution in [3.63, 3.8) is 0 Å². The van der Waals surface area contributed by atoms with Crippen molar-refractivity contribution in [1.82, 2.24) is 10.6 Å². The molecule has 0 atom stereocenters. The summed E-state index contributed by atoms with van der Waals surface area (Å²) < 4.78 is 15.7. The Morgan fingerprint density at radius 2 is 1.68 bits per heavy atom. The van der Waals surface area contributed by atoms with E-state index in [0.29, 0.717) is 35.3 Å². The normalized spacial score (nSPS) is 10.1. The molecule has 122 valence electrons. The minimum atomic E-state index is -0.347. The number of hydrogen-bond acceptors (Lipinski definition) is 5. The van der Waals surface area contributed by atoms with Crippen LogP contribution in [0, 0.1) is 5.92 Å². The van der Waals surface area contributed by atoms with E-state index in [1.54, 1.807) is 12.1 Å². The molecule has 6 nitrogen and oxygen atoms in total. The number of carbonyl (C=O) groups excluding carboxylic acids is 1. The van der Waals surface area contributed by atoms with E-state index in [0.717, 1.165) is 0 Å². The molecule has 0 aliphatic rings. The lowest BCUT2D eigenvalue weighted by atomic mass is 10.1. The molecule has 0 aromatic heterocycles. The third-order valence-electron chi connectivity index (χ3n) is 2.82. The van der Waals surface area contributed by atoms with Gasteiger partial charge in [-0.3, -0.25) is 10.1 Å². The smallest absolute Gasteiger partial charge is 0.257 e. The maximum atomic E-state index is 12.2. The number of benzene rings is 1. The summed E-state index contributed by atoms with van der Waals surface area (Å²) in [6.45, 7) is 4.79. The molecular formula is C15H22N2O4S. The zero-order chi connectivity index (χ0) is 16.7. The van der Waals surface area contributed by atoms with Gasteiger partial charge in [0.1, 0.15) is 0 Å². The predicted octanol–water partition coefficient (Wildman–Crippen LogP) is 1.97. The largest absolute Gasteiger partial charge is 0.493 e. The van der Waals surface area contributed by atoms with Crippen LogP contribution in [0.1, 0.15) is 24.2 Å². The summed E-state index contributed by atoms with van der Waals surface area (Å²) in [6.07, 6.45) is 0. The van der Waals surface area contributed by atoms with Gasteiger partial charge in [0.15, 0.2) is 16.6 Å². The topological polar surface area (TPSA) is 68.8 Å². The first-order valence-corrected chi connectivity index (χ1v) is 7.22. The van der Waals surface area contributed by atoms with Gasteiger partial charge in [-0.1, -0.05) is 13.8 Å². The van der Waals surface area contributed by atoms with Crippen LogP contribution in [-0.2, 0) is 0 Å². The molecule has 0 saturated carbocycles. The van der Waals surface area contributed by atoms with Crippen LogP contribution in [-0.4, -0.2) is 38.9 Å². The lowest BCUT2D eigenvalue weighted by Crippen LogP contribution is -2.40. The maximum absolute atomic E-state index is 12.2. The van der Waals surface area contributed by atoms with E-state index >= 15 is 0 Å². The van der Waals surface area contributed by atoms with E-state index in [9.17, 15) is 4.79 Å². The van der Waals surface area contributed by atoms with Gasteiger partial charge in [-0.15, -0.1) is 0 Å². The van der Waals surface area contributed by atoms with Crippen molar-refractivity contribution in [2.24, 2.45) is 5.92 Å². The van der Waals surface area contributed by atoms with Crippen molar-refractivity contribution in [3.05, 3.63) is 17.7 Å². The van der Waals surface area contributed by atoms with Gasteiger partial charge < -0.3 is 19.5 Å². The van der Waals surface area contributed by atoms with Crippen LogP contribution < -0.4 is 24.8 Å². The zero-order valence-electron chi connectivity index (χ0n) is 13.5. The van der Waals surface area contributed by atoms with Gasteiger partial charge in [0.05, 0.1) is 21.3 Å². The quantitative estimate of drug-likeness (QED) is 0.779. The number of thiocarbonyl (C=S) groups is 1. The Bertz CT molecular complexity index is 521. The molecule has 0 aliphatic carbocycles. The first-order chi connectivity index (χ1) is 10.4. The van der Waals surface area contributed by atoms with Gasteiger partial charge >= 0.3 is 0 Å². The van der Waals surface area contributed by atoms with E-state index in [1.165, 1.54) is 21.3 Å². The fraction of sp³-hybridized carbons (Fsp3) is 0.467. The number of hydrogen-bond donors (Lipinski definition) is 2. The van der Waals surface area contributed by atoms with Crippen LogP contribution in [0.2, 0.25) is 0 Å². The lowest BCUT2D eigenvalue weighted by molar-refractivity contribution is 0.0975. The van der Waals surface area contributed by atoms with E-state index in [4.69, 9.17) is 26.4 Å². The summed E-state index contributed by atoms with van der Waals surface area (Å²) in [5.41, 5.74) is 0.364. The van der Waals surface area contributed by atoms with Crippen LogP contribution in [0.3, 0.4) is 0 Å². The highest BCUT2D eigenvalue weighted by atomic mass is 32.1. The Morgan fingerprint density at radius 3 is 2.09 bits per heavy atom. The number of carbonyl (C=O) groups is 1. The van der Waals surface area contributed by atoms with Crippen molar-refractivity contribution < 1.29 is 19.0 Å². The van der Waals surface area contributed by atoms with Crippen LogP contribution >= 0.6 is 12.2 Å². The van der Waals surface area contributed by atoms with E-state index in [2.05, 4.69) is 24.5 Å². The average molecular weight is 326 g/mol. The first kappa shape index (κ1) is 18.0. The molecule has 0 unspecified atom stereocenters. The van der Waals surface area contributed by atoms with Crippen LogP contribution in [0.5, 0.6) is 17.2 Å². The SMILES string of the molecule is COc1cc(C(=O)NC(=S)NCC(C)C)cc(OC)c1OC. The first-order valence-electron chi connectivity index (χ1n) is 6.82. The molecule has 2 N–H and O–H groups in total. The zero-order valence-corrected chi connectivity index (χ0v) is 14.3. The summed E-state index contributed by atoms with van der Waals surface area (Å²) in [6, 6.07) is 3.14. The molecule has 1 rings (SSSR count). The highest BCUT2D eigenvalue weighted by Gasteiger charge is 2.17. The van der Waals surface area contributed by atoms with Crippen molar-refractivity contribution >= 4 is 23.2 Å². The third-order valence-corrected chi connectivity index (χ3v) is 3.07. The molecule has 0 aliphatic heterocycles. The van der Waals surface area contributed by atoms with Gasteiger partial charge in [0.2, 0.25) is 5.75 Å². The molecule has 0 radical (unpaired) electrons. The molecule has 22 heavy (non-hydrogen) atoms. The Hall–Kier alpha value is -2.02. The number of amides is 1. The molecule has 0 heterocycles. The number of ether oxygens (including phenoxy) is 3. The van der Waals surface area contributed by atoms with Gasteiger partial charge in [0.25, 0.3) is 5.91 Å². The summed E-state index contributed by atoms with van der Waals surface area (Å²) in [7, 11) is 4.49. The summed E-state index contributed by atoms with van der Waals surface area (Å²) in [4.78, 5) is 12.2. The highest BCUT2D eigenvalue weighted by molar-refractivity contribution is 7.80. The Balaban J connectivity index is 2.91. The molecule has 0 fully saturated rings. The molecule has 7 heteroatoms. The highest BCUT2D eigenvalue weighted by Crippen LogP contribution is 2.38. The second-order valence-corrected chi connectivity index (χ2v) is 5.38.